The first-order chi connectivity index (χ1) is 15.3. The average Bonchev–Trinajstić information content (AvgIpc) is 3.51. The fraction of sp³-hybridized carbons (Fsp3) is 0.300. The Balaban J connectivity index is 0.000000775. The van der Waals surface area contributed by atoms with E-state index in [0.29, 0.717) is 12.2 Å². The summed E-state index contributed by atoms with van der Waals surface area (Å²) < 4.78 is 31.7. The summed E-state index contributed by atoms with van der Waals surface area (Å²) in [5, 5.41) is 13.8. The monoisotopic (exact) mass is 458 g/mol. The number of rotatable bonds is 3. The van der Waals surface area contributed by atoms with Crippen LogP contribution in [0.1, 0.15) is 23.9 Å². The second-order valence-corrected chi connectivity index (χ2v) is 9.48. The molecule has 168 valence electrons. The van der Waals surface area contributed by atoms with E-state index < -0.39 is 21.5 Å². The number of nitrogens with one attached hydrogen (secondary N) is 1. The van der Waals surface area contributed by atoms with E-state index in [2.05, 4.69) is 15.4 Å². The van der Waals surface area contributed by atoms with Gasteiger partial charge in [-0.2, -0.15) is 9.40 Å². The number of amides is 1. The second-order valence-electron chi connectivity index (χ2n) is 7.59. The summed E-state index contributed by atoms with van der Waals surface area (Å²) in [5.41, 5.74) is 0.490. The van der Waals surface area contributed by atoms with Crippen LogP contribution in [0.5, 0.6) is 0 Å². The molecule has 1 saturated heterocycles. The second kappa shape index (κ2) is 7.88. The first-order valence-electron chi connectivity index (χ1n) is 9.74. The maximum absolute atomic E-state index is 13.5. The van der Waals surface area contributed by atoms with Crippen LogP contribution in [0, 0.1) is 0 Å². The lowest BCUT2D eigenvalue weighted by molar-refractivity contribution is -0.123. The molecule has 0 aliphatic carbocycles. The molecule has 1 aromatic carbocycles. The van der Waals surface area contributed by atoms with Gasteiger partial charge in [-0.3, -0.25) is 14.3 Å². The Morgan fingerprint density at radius 3 is 2.62 bits per heavy atom. The zero-order valence-electron chi connectivity index (χ0n) is 17.4. The van der Waals surface area contributed by atoms with Crippen LogP contribution in [-0.2, 0) is 39.1 Å². The molecule has 12 heteroatoms. The molecular weight excluding hydrogens is 436 g/mol. The maximum Gasteiger partial charge on any atom is 0.290 e. The number of carbonyl (C=O) groups excluding carboxylic acids is 1. The molecule has 1 spiro atoms. The lowest BCUT2D eigenvalue weighted by atomic mass is 9.75. The van der Waals surface area contributed by atoms with Crippen molar-refractivity contribution in [3.63, 3.8) is 0 Å². The van der Waals surface area contributed by atoms with Crippen molar-refractivity contribution in [2.45, 2.75) is 22.8 Å². The summed E-state index contributed by atoms with van der Waals surface area (Å²) >= 11 is 0. The van der Waals surface area contributed by atoms with Gasteiger partial charge < -0.3 is 15.0 Å². The predicted octanol–water partition coefficient (Wildman–Crippen LogP) is 0.880. The number of carboxylic acid groups (broad SMARTS) is 1. The minimum absolute atomic E-state index is 0.1000. The van der Waals surface area contributed by atoms with Gasteiger partial charge in [0.05, 0.1) is 6.20 Å². The number of para-hydroxylation sites is 1. The molecule has 4 heterocycles. The van der Waals surface area contributed by atoms with Crippen LogP contribution in [0.3, 0.4) is 0 Å². The molecule has 32 heavy (non-hydrogen) atoms. The molecule has 1 amide bonds. The summed E-state index contributed by atoms with van der Waals surface area (Å²) in [4.78, 5) is 26.2. The van der Waals surface area contributed by atoms with Crippen molar-refractivity contribution in [3.8, 4) is 0 Å². The number of aryl methyl sites for hydroxylation is 2. The highest BCUT2D eigenvalue weighted by Gasteiger charge is 2.62. The van der Waals surface area contributed by atoms with Gasteiger partial charge in [-0.15, -0.1) is 0 Å². The number of benzene rings is 1. The Labute approximate surface area is 184 Å². The molecule has 2 atom stereocenters. The highest BCUT2D eigenvalue weighted by Crippen LogP contribution is 2.55. The minimum Gasteiger partial charge on any atom is -0.483 e. The number of hydrogen-bond acceptors (Lipinski definition) is 6. The van der Waals surface area contributed by atoms with E-state index >= 15 is 0 Å². The van der Waals surface area contributed by atoms with Gasteiger partial charge in [-0.25, -0.2) is 13.4 Å². The van der Waals surface area contributed by atoms with Crippen molar-refractivity contribution in [1.29, 1.82) is 0 Å². The molecule has 11 nitrogen and oxygen atoms in total. The van der Waals surface area contributed by atoms with Gasteiger partial charge in [0.2, 0.25) is 15.9 Å². The van der Waals surface area contributed by atoms with E-state index in [0.717, 1.165) is 11.3 Å². The molecule has 2 N–H and O–H groups in total. The Hall–Kier alpha value is -3.51. The zero-order valence-corrected chi connectivity index (χ0v) is 18.2. The SMILES string of the molecule is Cn1cc(S(=O)(=O)N2CCC3(C(=O)Nc4ccccc43)C2c2nccn2C)cn1.O=CO. The topological polar surface area (TPSA) is 139 Å². The maximum atomic E-state index is 13.5. The van der Waals surface area contributed by atoms with Gasteiger partial charge >= 0.3 is 0 Å². The van der Waals surface area contributed by atoms with E-state index in [4.69, 9.17) is 9.90 Å². The van der Waals surface area contributed by atoms with E-state index in [1.165, 1.54) is 21.4 Å². The Bertz CT molecular complexity index is 1280. The van der Waals surface area contributed by atoms with Crippen LogP contribution in [0.2, 0.25) is 0 Å². The lowest BCUT2D eigenvalue weighted by Crippen LogP contribution is -2.43. The van der Waals surface area contributed by atoms with Crippen molar-refractivity contribution >= 4 is 28.1 Å². The van der Waals surface area contributed by atoms with Gasteiger partial charge in [0, 0.05) is 44.9 Å². The number of sulfonamides is 1. The third-order valence-corrected chi connectivity index (χ3v) is 7.75. The van der Waals surface area contributed by atoms with Gasteiger partial charge in [0.15, 0.2) is 0 Å². The van der Waals surface area contributed by atoms with Crippen molar-refractivity contribution in [2.24, 2.45) is 14.1 Å². The van der Waals surface area contributed by atoms with E-state index in [-0.39, 0.29) is 23.8 Å². The van der Waals surface area contributed by atoms with Gasteiger partial charge in [0.25, 0.3) is 6.47 Å². The molecule has 2 aliphatic heterocycles. The standard InChI is InChI=1S/C19H20N6O3S.CH2O2/c1-23-10-8-20-17(23)16-19(14-5-3-4-6-15(14)22-18(19)26)7-9-25(16)29(27,28)13-11-21-24(2)12-13;2-1-3/h3-6,8,10-12,16H,7,9H2,1-2H3,(H,22,26);1H,(H,2,3). The molecule has 2 aliphatic rings. The average molecular weight is 459 g/mol. The fourth-order valence-electron chi connectivity index (χ4n) is 4.57. The van der Waals surface area contributed by atoms with Crippen LogP contribution in [0.4, 0.5) is 5.69 Å². The van der Waals surface area contributed by atoms with E-state index in [1.807, 2.05) is 31.3 Å². The van der Waals surface area contributed by atoms with Crippen molar-refractivity contribution in [2.75, 3.05) is 11.9 Å². The quantitative estimate of drug-likeness (QED) is 0.555. The number of imidazole rings is 1. The molecule has 3 aromatic rings. The molecule has 2 unspecified atom stereocenters. The van der Waals surface area contributed by atoms with Crippen molar-refractivity contribution in [1.82, 2.24) is 23.6 Å². The summed E-state index contributed by atoms with van der Waals surface area (Å²) in [6, 6.07) is 6.69. The zero-order chi connectivity index (χ0) is 23.1. The first-order valence-corrected chi connectivity index (χ1v) is 11.2. The van der Waals surface area contributed by atoms with Crippen molar-refractivity contribution < 1.29 is 23.1 Å². The molecule has 1 fully saturated rings. The van der Waals surface area contributed by atoms with Crippen LogP contribution >= 0.6 is 0 Å². The highest BCUT2D eigenvalue weighted by atomic mass is 32.2. The molecule has 5 rings (SSSR count). The molecule has 2 aromatic heterocycles. The molecule has 0 bridgehead atoms. The number of hydrogen-bond donors (Lipinski definition) is 2. The van der Waals surface area contributed by atoms with Crippen LogP contribution in [0.25, 0.3) is 0 Å². The number of carbonyl (C=O) groups is 2. The highest BCUT2D eigenvalue weighted by molar-refractivity contribution is 7.89. The summed E-state index contributed by atoms with van der Waals surface area (Å²) in [5.74, 6) is 0.331. The number of aromatic nitrogens is 4. The van der Waals surface area contributed by atoms with E-state index in [9.17, 15) is 13.2 Å². The third kappa shape index (κ3) is 3.10. The normalized spacial score (nSPS) is 22.3. The van der Waals surface area contributed by atoms with Crippen molar-refractivity contribution in [3.05, 3.63) is 60.4 Å². The minimum atomic E-state index is -3.88. The Kier molecular flexibility index (Phi) is 5.34. The Morgan fingerprint density at radius 1 is 1.28 bits per heavy atom. The van der Waals surface area contributed by atoms with Crippen LogP contribution in [-0.4, -0.2) is 56.1 Å². The summed E-state index contributed by atoms with van der Waals surface area (Å²) in [6.45, 7) is -0.0451. The smallest absolute Gasteiger partial charge is 0.290 e. The van der Waals surface area contributed by atoms with Gasteiger partial charge in [-0.05, 0) is 18.1 Å². The molecule has 0 saturated carbocycles. The Morgan fingerprint density at radius 2 is 2.00 bits per heavy atom. The lowest BCUT2D eigenvalue weighted by Gasteiger charge is -2.32. The fourth-order valence-corrected chi connectivity index (χ4v) is 6.19. The number of nitrogens with zero attached hydrogens (tertiary/aromatic N) is 5. The van der Waals surface area contributed by atoms with Crippen LogP contribution < -0.4 is 5.32 Å². The van der Waals surface area contributed by atoms with E-state index in [1.54, 1.807) is 24.0 Å². The number of anilines is 1. The largest absolute Gasteiger partial charge is 0.483 e. The van der Waals surface area contributed by atoms with Gasteiger partial charge in [-0.1, -0.05) is 18.2 Å². The molecule has 0 radical (unpaired) electrons. The van der Waals surface area contributed by atoms with Gasteiger partial charge in [0.1, 0.15) is 22.2 Å². The summed E-state index contributed by atoms with van der Waals surface area (Å²) in [7, 11) is -0.407. The van der Waals surface area contributed by atoms with Crippen LogP contribution in [0.15, 0.2) is 53.9 Å². The predicted molar refractivity (Wildman–Crippen MR) is 113 cm³/mol. The molecular formula is C20H22N6O5S. The number of fused-ring (bicyclic) bond motifs is 2. The third-order valence-electron chi connectivity index (χ3n) is 5.93. The first kappa shape index (κ1) is 21.7. The summed E-state index contributed by atoms with van der Waals surface area (Å²) in [6.07, 6.45) is 6.55.